The number of halogens is 2. The Morgan fingerprint density at radius 2 is 1.94 bits per heavy atom. The Balaban J connectivity index is 1.77. The van der Waals surface area contributed by atoms with Gasteiger partial charge in [-0.1, -0.05) is 22.0 Å². The molecule has 2 fully saturated rings. The van der Waals surface area contributed by atoms with Gasteiger partial charge in [0.15, 0.2) is 0 Å². The van der Waals surface area contributed by atoms with Crippen LogP contribution in [0.1, 0.15) is 31.2 Å². The molecular weight excluding hydrogens is 295 g/mol. The molecule has 0 aliphatic carbocycles. The van der Waals surface area contributed by atoms with E-state index in [1.165, 1.54) is 12.8 Å². The highest BCUT2D eigenvalue weighted by Crippen LogP contribution is 2.36. The first-order valence-corrected chi connectivity index (χ1v) is 7.38. The van der Waals surface area contributed by atoms with Crippen molar-refractivity contribution >= 4 is 15.9 Å². The van der Waals surface area contributed by atoms with Gasteiger partial charge in [0.1, 0.15) is 5.82 Å². The first kappa shape index (κ1) is 12.6. The average molecular weight is 313 g/mol. The molecule has 1 aromatic rings. The SMILES string of the molecule is NC1CC2CCC(C1)N2Cc1ccc(Br)cc1F. The predicted octanol–water partition coefficient (Wildman–Crippen LogP) is 3.04. The molecule has 2 atom stereocenters. The van der Waals surface area contributed by atoms with Crippen molar-refractivity contribution in [2.24, 2.45) is 5.73 Å². The fraction of sp³-hybridized carbons (Fsp3) is 0.571. The van der Waals surface area contributed by atoms with E-state index in [2.05, 4.69) is 20.8 Å². The third-order valence-electron chi connectivity index (χ3n) is 4.29. The topological polar surface area (TPSA) is 29.3 Å². The van der Waals surface area contributed by atoms with Crippen molar-refractivity contribution in [2.45, 2.75) is 50.4 Å². The second kappa shape index (κ2) is 4.91. The first-order valence-electron chi connectivity index (χ1n) is 6.59. The van der Waals surface area contributed by atoms with Gasteiger partial charge in [-0.25, -0.2) is 4.39 Å². The second-order valence-corrected chi connectivity index (χ2v) is 6.44. The monoisotopic (exact) mass is 312 g/mol. The van der Waals surface area contributed by atoms with E-state index in [4.69, 9.17) is 5.73 Å². The van der Waals surface area contributed by atoms with Crippen LogP contribution >= 0.6 is 15.9 Å². The molecule has 2 aliphatic heterocycles. The van der Waals surface area contributed by atoms with Crippen molar-refractivity contribution in [3.63, 3.8) is 0 Å². The quantitative estimate of drug-likeness (QED) is 0.909. The number of fused-ring (bicyclic) bond motifs is 2. The van der Waals surface area contributed by atoms with Gasteiger partial charge in [0.25, 0.3) is 0 Å². The molecule has 98 valence electrons. The van der Waals surface area contributed by atoms with Crippen LogP contribution in [0.25, 0.3) is 0 Å². The Morgan fingerprint density at radius 3 is 2.56 bits per heavy atom. The summed E-state index contributed by atoms with van der Waals surface area (Å²) < 4.78 is 14.7. The molecule has 2 N–H and O–H groups in total. The van der Waals surface area contributed by atoms with Gasteiger partial charge in [0, 0.05) is 34.7 Å². The molecular formula is C14H18BrFN2. The van der Waals surface area contributed by atoms with Crippen LogP contribution in [-0.4, -0.2) is 23.0 Å². The van der Waals surface area contributed by atoms with Gasteiger partial charge in [0.2, 0.25) is 0 Å². The molecule has 2 heterocycles. The van der Waals surface area contributed by atoms with Crippen LogP contribution in [0.3, 0.4) is 0 Å². The van der Waals surface area contributed by atoms with E-state index in [0.717, 1.165) is 29.4 Å². The lowest BCUT2D eigenvalue weighted by molar-refractivity contribution is 0.118. The summed E-state index contributed by atoms with van der Waals surface area (Å²) in [5.74, 6) is -0.112. The van der Waals surface area contributed by atoms with Gasteiger partial charge in [-0.05, 0) is 37.8 Å². The average Bonchev–Trinajstić information content (AvgIpc) is 2.56. The molecule has 2 nitrogen and oxygen atoms in total. The molecule has 4 heteroatoms. The largest absolute Gasteiger partial charge is 0.328 e. The normalized spacial score (nSPS) is 31.8. The van der Waals surface area contributed by atoms with Crippen molar-refractivity contribution in [1.82, 2.24) is 4.90 Å². The molecule has 2 aliphatic rings. The van der Waals surface area contributed by atoms with Gasteiger partial charge < -0.3 is 5.73 Å². The molecule has 18 heavy (non-hydrogen) atoms. The zero-order valence-corrected chi connectivity index (χ0v) is 11.9. The lowest BCUT2D eigenvalue weighted by Crippen LogP contribution is -2.46. The molecule has 0 spiro atoms. The van der Waals surface area contributed by atoms with Crippen molar-refractivity contribution in [3.8, 4) is 0 Å². The number of nitrogens with two attached hydrogens (primary N) is 1. The zero-order chi connectivity index (χ0) is 12.7. The maximum atomic E-state index is 13.9. The van der Waals surface area contributed by atoms with E-state index in [-0.39, 0.29) is 5.82 Å². The fourth-order valence-corrected chi connectivity index (χ4v) is 3.75. The molecule has 0 saturated carbocycles. The van der Waals surface area contributed by atoms with Crippen LogP contribution in [0.4, 0.5) is 4.39 Å². The summed E-state index contributed by atoms with van der Waals surface area (Å²) in [5, 5.41) is 0. The summed E-state index contributed by atoms with van der Waals surface area (Å²) in [6.07, 6.45) is 4.57. The van der Waals surface area contributed by atoms with E-state index in [1.807, 2.05) is 12.1 Å². The molecule has 1 aromatic carbocycles. The summed E-state index contributed by atoms with van der Waals surface area (Å²) in [7, 11) is 0. The maximum Gasteiger partial charge on any atom is 0.128 e. The molecule has 0 amide bonds. The Morgan fingerprint density at radius 1 is 1.28 bits per heavy atom. The smallest absolute Gasteiger partial charge is 0.128 e. The predicted molar refractivity (Wildman–Crippen MR) is 73.7 cm³/mol. The number of nitrogens with zero attached hydrogens (tertiary/aromatic N) is 1. The summed E-state index contributed by atoms with van der Waals surface area (Å²) >= 11 is 3.30. The third kappa shape index (κ3) is 2.33. The fourth-order valence-electron chi connectivity index (χ4n) is 3.42. The number of rotatable bonds is 2. The minimum absolute atomic E-state index is 0.112. The molecule has 2 unspecified atom stereocenters. The highest BCUT2D eigenvalue weighted by molar-refractivity contribution is 9.10. The Kier molecular flexibility index (Phi) is 3.43. The Labute approximate surface area is 115 Å². The molecule has 0 aromatic heterocycles. The molecule has 3 rings (SSSR count). The minimum atomic E-state index is -0.112. The molecule has 2 saturated heterocycles. The first-order chi connectivity index (χ1) is 8.63. The van der Waals surface area contributed by atoms with E-state index in [0.29, 0.717) is 18.1 Å². The van der Waals surface area contributed by atoms with E-state index < -0.39 is 0 Å². The number of benzene rings is 1. The molecule has 2 bridgehead atoms. The third-order valence-corrected chi connectivity index (χ3v) is 4.78. The number of hydrogen-bond acceptors (Lipinski definition) is 2. The summed E-state index contributed by atoms with van der Waals surface area (Å²) in [5.41, 5.74) is 6.85. The van der Waals surface area contributed by atoms with Gasteiger partial charge in [-0.15, -0.1) is 0 Å². The van der Waals surface area contributed by atoms with Crippen molar-refractivity contribution in [3.05, 3.63) is 34.1 Å². The van der Waals surface area contributed by atoms with Crippen molar-refractivity contribution < 1.29 is 4.39 Å². The van der Waals surface area contributed by atoms with Crippen LogP contribution in [0.15, 0.2) is 22.7 Å². The minimum Gasteiger partial charge on any atom is -0.328 e. The summed E-state index contributed by atoms with van der Waals surface area (Å²) in [6, 6.07) is 6.80. The van der Waals surface area contributed by atoms with Crippen LogP contribution in [0, 0.1) is 5.82 Å². The van der Waals surface area contributed by atoms with Gasteiger partial charge in [-0.2, -0.15) is 0 Å². The summed E-state index contributed by atoms with van der Waals surface area (Å²) in [4.78, 5) is 2.45. The second-order valence-electron chi connectivity index (χ2n) is 5.52. The highest BCUT2D eigenvalue weighted by atomic mass is 79.9. The Hall–Kier alpha value is -0.450. The molecule has 0 radical (unpaired) electrons. The maximum absolute atomic E-state index is 13.9. The van der Waals surface area contributed by atoms with Gasteiger partial charge in [0.05, 0.1) is 0 Å². The van der Waals surface area contributed by atoms with Crippen LogP contribution < -0.4 is 5.73 Å². The standard InChI is InChI=1S/C14H18BrFN2/c15-10-2-1-9(14(16)5-10)8-18-12-3-4-13(18)7-11(17)6-12/h1-2,5,11-13H,3-4,6-8,17H2. The van der Waals surface area contributed by atoms with Crippen LogP contribution in [0.2, 0.25) is 0 Å². The van der Waals surface area contributed by atoms with Gasteiger partial charge in [-0.3, -0.25) is 4.90 Å². The van der Waals surface area contributed by atoms with Crippen LogP contribution in [0.5, 0.6) is 0 Å². The lowest BCUT2D eigenvalue weighted by atomic mass is 9.97. The van der Waals surface area contributed by atoms with E-state index >= 15 is 0 Å². The van der Waals surface area contributed by atoms with E-state index in [9.17, 15) is 4.39 Å². The lowest BCUT2D eigenvalue weighted by Gasteiger charge is -2.37. The highest BCUT2D eigenvalue weighted by Gasteiger charge is 2.39. The van der Waals surface area contributed by atoms with Crippen molar-refractivity contribution in [1.29, 1.82) is 0 Å². The van der Waals surface area contributed by atoms with Crippen LogP contribution in [-0.2, 0) is 6.54 Å². The van der Waals surface area contributed by atoms with E-state index in [1.54, 1.807) is 6.07 Å². The Bertz CT molecular complexity index is 437. The van der Waals surface area contributed by atoms with Gasteiger partial charge >= 0.3 is 0 Å². The number of piperidine rings is 1. The summed E-state index contributed by atoms with van der Waals surface area (Å²) in [6.45, 7) is 0.723. The zero-order valence-electron chi connectivity index (χ0n) is 10.3. The number of hydrogen-bond donors (Lipinski definition) is 1. The van der Waals surface area contributed by atoms with Crippen molar-refractivity contribution in [2.75, 3.05) is 0 Å².